The van der Waals surface area contributed by atoms with E-state index in [2.05, 4.69) is 5.32 Å². The van der Waals surface area contributed by atoms with E-state index >= 15 is 0 Å². The maximum absolute atomic E-state index is 12.7. The molecule has 2 rings (SSSR count). The lowest BCUT2D eigenvalue weighted by Crippen LogP contribution is -2.46. The summed E-state index contributed by atoms with van der Waals surface area (Å²) in [7, 11) is -6.99. The molecular formula is C14H21NO4S2. The van der Waals surface area contributed by atoms with Crippen molar-refractivity contribution in [3.05, 3.63) is 30.3 Å². The zero-order valence-electron chi connectivity index (χ0n) is 12.2. The molecule has 0 aliphatic carbocycles. The lowest BCUT2D eigenvalue weighted by atomic mass is 10.2. The highest BCUT2D eigenvalue weighted by Crippen LogP contribution is 2.26. The zero-order valence-corrected chi connectivity index (χ0v) is 13.8. The number of rotatable bonds is 5. The zero-order chi connectivity index (χ0) is 15.7. The van der Waals surface area contributed by atoms with Crippen LogP contribution in [0.4, 0.5) is 0 Å². The van der Waals surface area contributed by atoms with Crippen LogP contribution in [0.15, 0.2) is 35.2 Å². The normalized spacial score (nSPS) is 26.6. The molecule has 1 saturated heterocycles. The first kappa shape index (κ1) is 16.5. The monoisotopic (exact) mass is 331 g/mol. The molecule has 0 bridgehead atoms. The van der Waals surface area contributed by atoms with Crippen molar-refractivity contribution in [3.8, 4) is 0 Å². The van der Waals surface area contributed by atoms with Crippen LogP contribution in [0.3, 0.4) is 0 Å². The molecule has 1 aliphatic heterocycles. The van der Waals surface area contributed by atoms with E-state index in [0.717, 1.165) is 6.42 Å². The van der Waals surface area contributed by atoms with Crippen molar-refractivity contribution in [2.75, 3.05) is 11.5 Å². The summed E-state index contributed by atoms with van der Waals surface area (Å²) < 4.78 is 49.2. The topological polar surface area (TPSA) is 80.3 Å². The van der Waals surface area contributed by atoms with Gasteiger partial charge in [-0.25, -0.2) is 16.8 Å². The molecule has 0 spiro atoms. The van der Waals surface area contributed by atoms with Crippen LogP contribution in [0.2, 0.25) is 0 Å². The summed E-state index contributed by atoms with van der Waals surface area (Å²) in [5.74, 6) is -0.424. The summed E-state index contributed by atoms with van der Waals surface area (Å²) in [6.45, 7) is 3.90. The summed E-state index contributed by atoms with van der Waals surface area (Å²) in [6, 6.07) is 7.59. The van der Waals surface area contributed by atoms with Gasteiger partial charge >= 0.3 is 0 Å². The Labute approximate surface area is 126 Å². The summed E-state index contributed by atoms with van der Waals surface area (Å²) in [5.41, 5.74) is 0. The maximum Gasteiger partial charge on any atom is 0.183 e. The van der Waals surface area contributed by atoms with E-state index in [9.17, 15) is 16.8 Å². The van der Waals surface area contributed by atoms with Crippen molar-refractivity contribution < 1.29 is 16.8 Å². The maximum atomic E-state index is 12.7. The molecule has 1 heterocycles. The first-order chi connectivity index (χ1) is 9.76. The molecule has 118 valence electrons. The fraction of sp³-hybridized carbons (Fsp3) is 0.571. The van der Waals surface area contributed by atoms with Crippen molar-refractivity contribution in [1.29, 1.82) is 0 Å². The third-order valence-corrected chi connectivity index (χ3v) is 8.05. The molecule has 5 nitrogen and oxygen atoms in total. The number of benzene rings is 1. The minimum Gasteiger partial charge on any atom is -0.309 e. The second-order valence-corrected chi connectivity index (χ2v) is 9.88. The number of sulfone groups is 2. The van der Waals surface area contributed by atoms with Crippen molar-refractivity contribution in [3.63, 3.8) is 0 Å². The summed E-state index contributed by atoms with van der Waals surface area (Å²) >= 11 is 0. The van der Waals surface area contributed by atoms with E-state index in [-0.39, 0.29) is 22.4 Å². The van der Waals surface area contributed by atoms with Crippen LogP contribution in [-0.2, 0) is 19.7 Å². The van der Waals surface area contributed by atoms with E-state index < -0.39 is 31.0 Å². The average Bonchev–Trinajstić information content (AvgIpc) is 2.75. The van der Waals surface area contributed by atoms with Gasteiger partial charge in [0, 0.05) is 12.1 Å². The van der Waals surface area contributed by atoms with Crippen molar-refractivity contribution in [2.24, 2.45) is 0 Å². The second kappa shape index (κ2) is 6.06. The third kappa shape index (κ3) is 3.64. The van der Waals surface area contributed by atoms with Gasteiger partial charge < -0.3 is 5.32 Å². The number of nitrogens with one attached hydrogen (secondary N) is 1. The molecule has 1 aromatic rings. The Morgan fingerprint density at radius 2 is 1.86 bits per heavy atom. The largest absolute Gasteiger partial charge is 0.309 e. The molecule has 7 heteroatoms. The SMILES string of the molecule is CCC(C)NC1CS(=O)(=O)CC1S(=O)(=O)c1ccccc1. The van der Waals surface area contributed by atoms with Gasteiger partial charge in [0.05, 0.1) is 21.7 Å². The second-order valence-electron chi connectivity index (χ2n) is 5.56. The molecule has 0 aromatic heterocycles. The Morgan fingerprint density at radius 3 is 2.43 bits per heavy atom. The average molecular weight is 331 g/mol. The third-order valence-electron chi connectivity index (χ3n) is 3.88. The Balaban J connectivity index is 2.35. The van der Waals surface area contributed by atoms with Crippen LogP contribution in [0.1, 0.15) is 20.3 Å². The standard InChI is InChI=1S/C14H21NO4S2/c1-3-11(2)15-13-9-20(16,17)10-14(13)21(18,19)12-7-5-4-6-8-12/h4-8,11,13-15H,3,9-10H2,1-2H3. The van der Waals surface area contributed by atoms with E-state index in [1.165, 1.54) is 12.1 Å². The number of hydrogen-bond donors (Lipinski definition) is 1. The molecule has 1 N–H and O–H groups in total. The van der Waals surface area contributed by atoms with Crippen LogP contribution >= 0.6 is 0 Å². The lowest BCUT2D eigenvalue weighted by Gasteiger charge is -2.23. The first-order valence-corrected chi connectivity index (χ1v) is 10.4. The van der Waals surface area contributed by atoms with Gasteiger partial charge in [-0.15, -0.1) is 0 Å². The fourth-order valence-corrected chi connectivity index (χ4v) is 7.24. The predicted molar refractivity (Wildman–Crippen MR) is 82.7 cm³/mol. The Hall–Kier alpha value is -0.920. The molecule has 0 amide bonds. The number of hydrogen-bond acceptors (Lipinski definition) is 5. The van der Waals surface area contributed by atoms with Gasteiger partial charge in [0.2, 0.25) is 0 Å². The summed E-state index contributed by atoms with van der Waals surface area (Å²) in [5, 5.41) is 2.23. The van der Waals surface area contributed by atoms with Gasteiger partial charge in [-0.2, -0.15) is 0 Å². The van der Waals surface area contributed by atoms with Gasteiger partial charge in [-0.1, -0.05) is 25.1 Å². The highest BCUT2D eigenvalue weighted by atomic mass is 32.2. The smallest absolute Gasteiger partial charge is 0.183 e. The molecule has 3 atom stereocenters. The predicted octanol–water partition coefficient (Wildman–Crippen LogP) is 1.01. The minimum absolute atomic E-state index is 0.0803. The summed E-state index contributed by atoms with van der Waals surface area (Å²) in [6.07, 6.45) is 0.814. The highest BCUT2D eigenvalue weighted by Gasteiger charge is 2.45. The van der Waals surface area contributed by atoms with Crippen molar-refractivity contribution in [2.45, 2.75) is 42.5 Å². The van der Waals surface area contributed by atoms with E-state index in [1.807, 2.05) is 13.8 Å². The van der Waals surface area contributed by atoms with Crippen LogP contribution in [0, 0.1) is 0 Å². The van der Waals surface area contributed by atoms with Gasteiger partial charge in [-0.05, 0) is 25.5 Å². The minimum atomic E-state index is -3.65. The van der Waals surface area contributed by atoms with Crippen LogP contribution in [-0.4, -0.2) is 45.7 Å². The highest BCUT2D eigenvalue weighted by molar-refractivity contribution is 7.96. The van der Waals surface area contributed by atoms with E-state index in [0.29, 0.717) is 0 Å². The van der Waals surface area contributed by atoms with E-state index in [1.54, 1.807) is 18.2 Å². The lowest BCUT2D eigenvalue weighted by molar-refractivity contribution is 0.456. The molecule has 0 radical (unpaired) electrons. The van der Waals surface area contributed by atoms with Crippen LogP contribution in [0.5, 0.6) is 0 Å². The first-order valence-electron chi connectivity index (χ1n) is 7.01. The molecule has 1 fully saturated rings. The Kier molecular flexibility index (Phi) is 4.75. The molecule has 21 heavy (non-hydrogen) atoms. The molecular weight excluding hydrogens is 310 g/mol. The van der Waals surface area contributed by atoms with Gasteiger partial charge in [0.25, 0.3) is 0 Å². The van der Waals surface area contributed by atoms with Crippen LogP contribution in [0.25, 0.3) is 0 Å². The van der Waals surface area contributed by atoms with Gasteiger partial charge in [0.1, 0.15) is 0 Å². The van der Waals surface area contributed by atoms with Crippen molar-refractivity contribution >= 4 is 19.7 Å². The van der Waals surface area contributed by atoms with E-state index in [4.69, 9.17) is 0 Å². The van der Waals surface area contributed by atoms with Crippen LogP contribution < -0.4 is 5.32 Å². The van der Waals surface area contributed by atoms with Gasteiger partial charge in [0.15, 0.2) is 19.7 Å². The molecule has 3 unspecified atom stereocenters. The quantitative estimate of drug-likeness (QED) is 0.871. The molecule has 0 saturated carbocycles. The Morgan fingerprint density at radius 1 is 1.24 bits per heavy atom. The molecule has 1 aliphatic rings. The Bertz CT molecular complexity index is 683. The van der Waals surface area contributed by atoms with Gasteiger partial charge in [-0.3, -0.25) is 0 Å². The van der Waals surface area contributed by atoms with Crippen molar-refractivity contribution in [1.82, 2.24) is 5.32 Å². The fourth-order valence-electron chi connectivity index (χ4n) is 2.54. The molecule has 1 aromatic carbocycles. The summed E-state index contributed by atoms with van der Waals surface area (Å²) in [4.78, 5) is 0.183.